The van der Waals surface area contributed by atoms with Crippen molar-refractivity contribution < 1.29 is 38.5 Å². The van der Waals surface area contributed by atoms with Gasteiger partial charge in [-0.05, 0) is 39.7 Å². The van der Waals surface area contributed by atoms with E-state index in [1.165, 1.54) is 26.0 Å². The van der Waals surface area contributed by atoms with Gasteiger partial charge in [0.25, 0.3) is 0 Å². The van der Waals surface area contributed by atoms with E-state index in [4.69, 9.17) is 14.2 Å². The first-order chi connectivity index (χ1) is 16.9. The third-order valence-corrected chi connectivity index (χ3v) is 6.01. The Morgan fingerprint density at radius 3 is 2.19 bits per heavy atom. The molecule has 4 rings (SSSR count). The van der Waals surface area contributed by atoms with Crippen molar-refractivity contribution in [2.24, 2.45) is 0 Å². The number of phenolic OH excluding ortho intramolecular Hbond substituents is 1. The Kier molecular flexibility index (Phi) is 6.58. The minimum absolute atomic E-state index is 0.0372. The third-order valence-electron chi connectivity index (χ3n) is 6.01. The molecule has 0 radical (unpaired) electrons. The number of hydrogen-bond acceptors (Lipinski definition) is 8. The minimum atomic E-state index is -0.706. The second-order valence-electron chi connectivity index (χ2n) is 9.88. The van der Waals surface area contributed by atoms with Gasteiger partial charge in [-0.2, -0.15) is 0 Å². The summed E-state index contributed by atoms with van der Waals surface area (Å²) in [6.45, 7) is 8.13. The second-order valence-corrected chi connectivity index (χ2v) is 9.88. The number of carbonyl (C=O) groups excluding carboxylic acids is 4. The molecule has 8 nitrogen and oxygen atoms in total. The molecule has 1 N–H and O–H groups in total. The molecule has 1 atom stereocenters. The van der Waals surface area contributed by atoms with Crippen molar-refractivity contribution >= 4 is 23.5 Å². The molecule has 0 aromatic heterocycles. The molecular formula is C28H28O8. The molecule has 0 amide bonds. The molecule has 0 spiro atoms. The lowest BCUT2D eigenvalue weighted by Gasteiger charge is -2.36. The quantitative estimate of drug-likeness (QED) is 0.324. The molecule has 1 unspecified atom stereocenters. The molecule has 8 heteroatoms. The zero-order chi connectivity index (χ0) is 26.4. The molecule has 36 heavy (non-hydrogen) atoms. The van der Waals surface area contributed by atoms with Gasteiger partial charge in [-0.3, -0.25) is 19.2 Å². The smallest absolute Gasteiger partial charge is 0.308 e. The Morgan fingerprint density at radius 1 is 1.03 bits per heavy atom. The lowest BCUT2D eigenvalue weighted by molar-refractivity contribution is -0.139. The van der Waals surface area contributed by atoms with Crippen molar-refractivity contribution in [1.29, 1.82) is 0 Å². The highest BCUT2D eigenvalue weighted by atomic mass is 16.5. The number of phenols is 1. The van der Waals surface area contributed by atoms with E-state index in [0.29, 0.717) is 17.5 Å². The molecule has 0 aliphatic heterocycles. The van der Waals surface area contributed by atoms with Gasteiger partial charge >= 0.3 is 11.9 Å². The second kappa shape index (κ2) is 9.35. The van der Waals surface area contributed by atoms with E-state index in [-0.39, 0.29) is 46.8 Å². The maximum atomic E-state index is 13.6. The minimum Gasteiger partial charge on any atom is -0.507 e. The zero-order valence-corrected chi connectivity index (χ0v) is 20.9. The number of esters is 2. The molecule has 2 aliphatic carbocycles. The maximum Gasteiger partial charge on any atom is 0.308 e. The van der Waals surface area contributed by atoms with Gasteiger partial charge in [0.15, 0.2) is 11.6 Å². The summed E-state index contributed by atoms with van der Waals surface area (Å²) in [4.78, 5) is 50.5. The summed E-state index contributed by atoms with van der Waals surface area (Å²) in [6.07, 6.45) is 1.56. The number of ketones is 2. The van der Waals surface area contributed by atoms with Crippen LogP contribution in [0.15, 0.2) is 35.9 Å². The van der Waals surface area contributed by atoms with Crippen LogP contribution in [0.2, 0.25) is 0 Å². The van der Waals surface area contributed by atoms with E-state index in [1.54, 1.807) is 18.2 Å². The Balaban J connectivity index is 1.99. The van der Waals surface area contributed by atoms with E-state index in [2.05, 4.69) is 0 Å². The van der Waals surface area contributed by atoms with Crippen LogP contribution in [0.3, 0.4) is 0 Å². The highest BCUT2D eigenvalue weighted by Gasteiger charge is 2.42. The summed E-state index contributed by atoms with van der Waals surface area (Å²) in [6, 6.07) is 6.34. The first-order valence-electron chi connectivity index (χ1n) is 11.7. The molecule has 188 valence electrons. The molecule has 0 saturated heterocycles. The summed E-state index contributed by atoms with van der Waals surface area (Å²) in [7, 11) is 0. The molecule has 0 bridgehead atoms. The van der Waals surface area contributed by atoms with Crippen LogP contribution in [-0.4, -0.2) is 40.8 Å². The van der Waals surface area contributed by atoms with E-state index >= 15 is 0 Å². The number of rotatable bonds is 4. The average molecular weight is 493 g/mol. The molecule has 2 aliphatic rings. The van der Waals surface area contributed by atoms with Crippen LogP contribution in [0.25, 0.3) is 0 Å². The fourth-order valence-electron chi connectivity index (χ4n) is 4.74. The summed E-state index contributed by atoms with van der Waals surface area (Å²) in [5, 5.41) is 11.4. The van der Waals surface area contributed by atoms with E-state index in [0.717, 1.165) is 5.57 Å². The first-order valence-corrected chi connectivity index (χ1v) is 11.7. The van der Waals surface area contributed by atoms with Gasteiger partial charge in [0.2, 0.25) is 0 Å². The number of carbonyl (C=O) groups is 4. The molecule has 0 heterocycles. The number of benzene rings is 2. The van der Waals surface area contributed by atoms with Gasteiger partial charge in [-0.15, -0.1) is 0 Å². The highest BCUT2D eigenvalue weighted by Crippen LogP contribution is 2.51. The van der Waals surface area contributed by atoms with Crippen LogP contribution < -0.4 is 4.74 Å². The van der Waals surface area contributed by atoms with Crippen LogP contribution in [0.5, 0.6) is 11.5 Å². The van der Waals surface area contributed by atoms with Gasteiger partial charge in [0, 0.05) is 36.1 Å². The van der Waals surface area contributed by atoms with Crippen molar-refractivity contribution in [3.63, 3.8) is 0 Å². The third kappa shape index (κ3) is 4.68. The number of aromatic hydroxyl groups is 1. The summed E-state index contributed by atoms with van der Waals surface area (Å²) < 4.78 is 17.0. The van der Waals surface area contributed by atoms with E-state index in [1.807, 2.05) is 20.8 Å². The van der Waals surface area contributed by atoms with Crippen LogP contribution in [-0.2, 0) is 25.5 Å². The van der Waals surface area contributed by atoms with E-state index < -0.39 is 35.2 Å². The van der Waals surface area contributed by atoms with Crippen molar-refractivity contribution in [3.8, 4) is 11.5 Å². The van der Waals surface area contributed by atoms with Crippen LogP contribution in [0, 0.1) is 0 Å². The van der Waals surface area contributed by atoms with Crippen molar-refractivity contribution in [2.75, 3.05) is 6.61 Å². The van der Waals surface area contributed by atoms with Crippen molar-refractivity contribution in [3.05, 3.63) is 69.3 Å². The highest BCUT2D eigenvalue weighted by molar-refractivity contribution is 6.30. The topological polar surface area (TPSA) is 116 Å². The monoisotopic (exact) mass is 492 g/mol. The van der Waals surface area contributed by atoms with E-state index in [9.17, 15) is 24.3 Å². The largest absolute Gasteiger partial charge is 0.507 e. The maximum absolute atomic E-state index is 13.6. The molecule has 0 saturated carbocycles. The van der Waals surface area contributed by atoms with Crippen LogP contribution in [0.1, 0.15) is 90.1 Å². The van der Waals surface area contributed by atoms with Gasteiger partial charge in [-0.25, -0.2) is 0 Å². The Morgan fingerprint density at radius 2 is 1.64 bits per heavy atom. The number of ether oxygens (including phenoxy) is 3. The average Bonchev–Trinajstić information content (AvgIpc) is 2.77. The SMILES string of the molecule is CC(=O)OC/C=C1/Cc2c(O)c3c(c(OC(C)=O)c2C(OC(C)(C)C)C1)C(=O)c1ccccc1C3=O. The van der Waals surface area contributed by atoms with Gasteiger partial charge in [0.1, 0.15) is 18.1 Å². The molecule has 0 fully saturated rings. The summed E-state index contributed by atoms with van der Waals surface area (Å²) >= 11 is 0. The van der Waals surface area contributed by atoms with Crippen molar-refractivity contribution in [2.45, 2.75) is 59.2 Å². The summed E-state index contributed by atoms with van der Waals surface area (Å²) in [5.74, 6) is -2.55. The fourth-order valence-corrected chi connectivity index (χ4v) is 4.74. The Bertz CT molecular complexity index is 1330. The number of fused-ring (bicyclic) bond motifs is 3. The summed E-state index contributed by atoms with van der Waals surface area (Å²) in [5.41, 5.74) is 0.881. The Labute approximate surface area is 208 Å². The standard InChI is InChI=1S/C28H28O8/c1-14(29)34-11-10-16-12-19-21(20(13-16)36-28(3,4)5)27(35-15(2)30)23-22(26(19)33)24(31)17-8-6-7-9-18(17)25(23)32/h6-10,20,33H,11-13H2,1-5H3/b16-10-. The molecule has 2 aromatic rings. The predicted octanol–water partition coefficient (Wildman–Crippen LogP) is 4.38. The van der Waals surface area contributed by atoms with Crippen molar-refractivity contribution in [1.82, 2.24) is 0 Å². The fraction of sp³-hybridized carbons (Fsp3) is 0.357. The van der Waals surface area contributed by atoms with Gasteiger partial charge < -0.3 is 19.3 Å². The van der Waals surface area contributed by atoms with Crippen LogP contribution in [0.4, 0.5) is 0 Å². The lowest BCUT2D eigenvalue weighted by atomic mass is 9.76. The number of hydrogen-bond donors (Lipinski definition) is 1. The predicted molar refractivity (Wildman–Crippen MR) is 129 cm³/mol. The molecular weight excluding hydrogens is 464 g/mol. The lowest BCUT2D eigenvalue weighted by Crippen LogP contribution is -2.30. The van der Waals surface area contributed by atoms with Gasteiger partial charge in [0.05, 0.1) is 22.8 Å². The zero-order valence-electron chi connectivity index (χ0n) is 20.9. The first kappa shape index (κ1) is 25.3. The van der Waals surface area contributed by atoms with Gasteiger partial charge in [-0.1, -0.05) is 29.8 Å². The molecule has 2 aromatic carbocycles. The van der Waals surface area contributed by atoms with Crippen LogP contribution >= 0.6 is 0 Å². The normalized spacial score (nSPS) is 17.8. The Hall–Kier alpha value is -3.78.